The summed E-state index contributed by atoms with van der Waals surface area (Å²) in [5.74, 6) is -8.02. The average molecular weight is 635 g/mol. The molecule has 1 fully saturated rings. The number of carbonyl (C=O) groups excluding carboxylic acids is 5. The number of nitrogens with zero attached hydrogens (tertiary/aromatic N) is 4. The number of nitrogen functional groups attached to an aromatic ring is 1. The molecule has 2 amide bonds. The number of carbonyl (C=O) groups is 5. The van der Waals surface area contributed by atoms with Crippen molar-refractivity contribution in [2.75, 3.05) is 32.3 Å². The topological polar surface area (TPSA) is 215 Å². The zero-order valence-electron chi connectivity index (χ0n) is 21.1. The van der Waals surface area contributed by atoms with Gasteiger partial charge in [0.15, 0.2) is 10.8 Å². The van der Waals surface area contributed by atoms with Gasteiger partial charge in [0, 0.05) is 16.7 Å². The third-order valence-corrected chi connectivity index (χ3v) is 7.39. The Labute approximate surface area is 239 Å². The first-order valence-corrected chi connectivity index (χ1v) is 13.1. The molecule has 42 heavy (non-hydrogen) atoms. The highest BCUT2D eigenvalue weighted by atomic mass is 32.2. The number of halogens is 3. The molecule has 4 heterocycles. The predicted octanol–water partition coefficient (Wildman–Crippen LogP) is 0.216. The number of hydrogen-bond donors (Lipinski definition) is 2. The first-order valence-electron chi connectivity index (χ1n) is 11.2. The van der Waals surface area contributed by atoms with Gasteiger partial charge in [0.25, 0.3) is 17.7 Å². The lowest BCUT2D eigenvalue weighted by Crippen LogP contribution is -2.71. The lowest BCUT2D eigenvalue weighted by molar-refractivity contribution is -0.201. The molecule has 4 rings (SSSR count). The molecule has 2 aliphatic rings. The Morgan fingerprint density at radius 2 is 2.00 bits per heavy atom. The van der Waals surface area contributed by atoms with Gasteiger partial charge in [-0.15, -0.1) is 23.1 Å². The van der Waals surface area contributed by atoms with E-state index >= 15 is 0 Å². The molecule has 0 aromatic carbocycles. The molecule has 3 N–H and O–H groups in total. The Morgan fingerprint density at radius 3 is 2.62 bits per heavy atom. The van der Waals surface area contributed by atoms with Gasteiger partial charge >= 0.3 is 24.1 Å². The van der Waals surface area contributed by atoms with Crippen molar-refractivity contribution in [3.8, 4) is 5.88 Å². The molecule has 0 bridgehead atoms. The highest BCUT2D eigenvalue weighted by Crippen LogP contribution is 2.41. The van der Waals surface area contributed by atoms with E-state index < -0.39 is 59.6 Å². The number of aromatic nitrogens is 2. The van der Waals surface area contributed by atoms with Crippen LogP contribution in [0.15, 0.2) is 32.4 Å². The standard InChI is InChI=1S/C21H17F3N6O10S2/c1-36-17(33)9-3-10(28-40-9)38-4-7-5-41-16-12(27-14(31)11(29-37-2)8-6-42-20(25)26-8)15(32)30(16)13(7)18(34)39-19(35)21(22,23)24/h3,6,12,16H,4-5H2,1-2H3,(H2,25,26)(H,27,31)/b29-11-. The second kappa shape index (κ2) is 12.1. The van der Waals surface area contributed by atoms with Crippen molar-refractivity contribution in [2.24, 2.45) is 5.16 Å². The lowest BCUT2D eigenvalue weighted by Gasteiger charge is -2.49. The minimum Gasteiger partial charge on any atom is -0.471 e. The van der Waals surface area contributed by atoms with Gasteiger partial charge in [-0.1, -0.05) is 5.16 Å². The number of esters is 3. The molecule has 0 aliphatic carbocycles. The Kier molecular flexibility index (Phi) is 8.70. The van der Waals surface area contributed by atoms with Crippen molar-refractivity contribution >= 4 is 63.7 Å². The van der Waals surface area contributed by atoms with E-state index in [0.29, 0.717) is 0 Å². The van der Waals surface area contributed by atoms with Gasteiger partial charge in [-0.25, -0.2) is 19.4 Å². The summed E-state index contributed by atoms with van der Waals surface area (Å²) < 4.78 is 57.0. The minimum absolute atomic E-state index is 0.0502. The molecule has 2 atom stereocenters. The number of oxime groups is 1. The van der Waals surface area contributed by atoms with Gasteiger partial charge in [-0.2, -0.15) is 13.2 Å². The first-order chi connectivity index (χ1) is 19.8. The van der Waals surface area contributed by atoms with Crippen LogP contribution in [0.2, 0.25) is 0 Å². The molecule has 0 radical (unpaired) electrons. The number of methoxy groups -OCH3 is 1. The Morgan fingerprint density at radius 1 is 1.26 bits per heavy atom. The van der Waals surface area contributed by atoms with Crippen LogP contribution in [0.25, 0.3) is 0 Å². The maximum atomic E-state index is 13.1. The molecule has 16 nitrogen and oxygen atoms in total. The number of thiazole rings is 1. The van der Waals surface area contributed by atoms with Crippen LogP contribution in [0.1, 0.15) is 16.2 Å². The van der Waals surface area contributed by atoms with Crippen LogP contribution in [0, 0.1) is 0 Å². The van der Waals surface area contributed by atoms with Crippen LogP contribution >= 0.6 is 23.1 Å². The highest BCUT2D eigenvalue weighted by molar-refractivity contribution is 8.00. The molecule has 1 saturated heterocycles. The number of β-lactam (4-membered cyclic amide) rings is 1. The largest absolute Gasteiger partial charge is 0.491 e. The normalized spacial score (nSPS) is 18.5. The van der Waals surface area contributed by atoms with E-state index in [1.54, 1.807) is 0 Å². The van der Waals surface area contributed by atoms with Gasteiger partial charge < -0.3 is 34.6 Å². The summed E-state index contributed by atoms with van der Waals surface area (Å²) in [6.07, 6.45) is -5.51. The molecule has 0 saturated carbocycles. The summed E-state index contributed by atoms with van der Waals surface area (Å²) in [6.45, 7) is -0.547. The van der Waals surface area contributed by atoms with E-state index in [4.69, 9.17) is 15.0 Å². The molecule has 224 valence electrons. The molecular weight excluding hydrogens is 617 g/mol. The third-order valence-electron chi connectivity index (χ3n) is 5.38. The second-order valence-corrected chi connectivity index (χ2v) is 9.99. The summed E-state index contributed by atoms with van der Waals surface area (Å²) >= 11 is 2.02. The minimum atomic E-state index is -5.51. The van der Waals surface area contributed by atoms with Crippen LogP contribution in [0.3, 0.4) is 0 Å². The summed E-state index contributed by atoms with van der Waals surface area (Å²) in [4.78, 5) is 71.1. The van der Waals surface area contributed by atoms with Gasteiger partial charge in [0.1, 0.15) is 36.5 Å². The summed E-state index contributed by atoms with van der Waals surface area (Å²) in [5, 5.41) is 10.0. The van der Waals surface area contributed by atoms with Crippen molar-refractivity contribution in [1.29, 1.82) is 0 Å². The smallest absolute Gasteiger partial charge is 0.471 e. The highest BCUT2D eigenvalue weighted by Gasteiger charge is 2.55. The van der Waals surface area contributed by atoms with Crippen LogP contribution < -0.4 is 15.8 Å². The number of ether oxygens (including phenoxy) is 3. The van der Waals surface area contributed by atoms with Crippen molar-refractivity contribution in [2.45, 2.75) is 17.6 Å². The molecule has 2 unspecified atom stereocenters. The molecule has 0 spiro atoms. The van der Waals surface area contributed by atoms with Gasteiger partial charge in [-0.05, 0) is 5.16 Å². The van der Waals surface area contributed by atoms with Crippen molar-refractivity contribution in [3.05, 3.63) is 34.2 Å². The van der Waals surface area contributed by atoms with Crippen LogP contribution in [-0.4, -0.2) is 94.6 Å². The van der Waals surface area contributed by atoms with Gasteiger partial charge in [-0.3, -0.25) is 14.5 Å². The van der Waals surface area contributed by atoms with E-state index in [0.717, 1.165) is 41.2 Å². The predicted molar refractivity (Wildman–Crippen MR) is 133 cm³/mol. The molecule has 2 aliphatic heterocycles. The maximum Gasteiger partial charge on any atom is 0.491 e. The fourth-order valence-corrected chi connectivity index (χ4v) is 5.43. The SMILES string of the molecule is CO/N=C(\C(=O)NC1C(=O)N2C(C(=O)OC(=O)C(F)(F)F)=C(COc3cc(C(=O)OC)on3)CSC12)c1csc(N)n1. The van der Waals surface area contributed by atoms with Crippen LogP contribution in [-0.2, 0) is 33.5 Å². The van der Waals surface area contributed by atoms with Gasteiger partial charge in [0.05, 0.1) is 13.2 Å². The Bertz CT molecular complexity index is 1500. The Hall–Kier alpha value is -4.66. The van der Waals surface area contributed by atoms with E-state index in [1.165, 1.54) is 12.5 Å². The molecule has 21 heteroatoms. The number of rotatable bonds is 9. The molecule has 2 aromatic rings. The average Bonchev–Trinajstić information content (AvgIpc) is 3.60. The van der Waals surface area contributed by atoms with E-state index in [-0.39, 0.29) is 39.5 Å². The zero-order chi connectivity index (χ0) is 30.8. The summed E-state index contributed by atoms with van der Waals surface area (Å²) in [7, 11) is 2.26. The fraction of sp³-hybridized carbons (Fsp3) is 0.333. The molecular formula is C21H17F3N6O10S2. The quantitative estimate of drug-likeness (QED) is 0.124. The van der Waals surface area contributed by atoms with Crippen molar-refractivity contribution in [3.63, 3.8) is 0 Å². The number of amides is 2. The number of nitrogens with two attached hydrogens (primary N) is 1. The van der Waals surface area contributed by atoms with Crippen molar-refractivity contribution in [1.82, 2.24) is 20.4 Å². The summed E-state index contributed by atoms with van der Waals surface area (Å²) in [5.41, 5.74) is 4.54. The first kappa shape index (κ1) is 30.3. The summed E-state index contributed by atoms with van der Waals surface area (Å²) in [6, 6.07) is -0.228. The van der Waals surface area contributed by atoms with Crippen LogP contribution in [0.5, 0.6) is 5.88 Å². The monoisotopic (exact) mass is 634 g/mol. The van der Waals surface area contributed by atoms with Crippen molar-refractivity contribution < 1.29 is 60.7 Å². The van der Waals surface area contributed by atoms with E-state index in [1.807, 2.05) is 0 Å². The molecule has 2 aromatic heterocycles. The van der Waals surface area contributed by atoms with Gasteiger partial charge in [0.2, 0.25) is 5.76 Å². The Balaban J connectivity index is 1.56. The third kappa shape index (κ3) is 6.15. The fourth-order valence-electron chi connectivity index (χ4n) is 3.56. The second-order valence-electron chi connectivity index (χ2n) is 7.99. The maximum absolute atomic E-state index is 13.1. The zero-order valence-corrected chi connectivity index (χ0v) is 22.8. The number of alkyl halides is 3. The number of hydrogen-bond acceptors (Lipinski definition) is 16. The number of fused-ring (bicyclic) bond motifs is 1. The lowest BCUT2D eigenvalue weighted by atomic mass is 10.0. The number of thioether (sulfide) groups is 1. The van der Waals surface area contributed by atoms with E-state index in [2.05, 4.69) is 34.9 Å². The van der Waals surface area contributed by atoms with Crippen LogP contribution in [0.4, 0.5) is 18.3 Å². The number of nitrogens with one attached hydrogen (secondary N) is 1. The van der Waals surface area contributed by atoms with E-state index in [9.17, 15) is 37.1 Å². The number of anilines is 1.